The van der Waals surface area contributed by atoms with Crippen LogP contribution in [0.4, 0.5) is 5.69 Å². The second-order valence-electron chi connectivity index (χ2n) is 6.11. The summed E-state index contributed by atoms with van der Waals surface area (Å²) in [4.78, 5) is 4.65. The molecule has 0 spiro atoms. The lowest BCUT2D eigenvalue weighted by atomic mass is 9.95. The Balaban J connectivity index is 2.32. The smallest absolute Gasteiger partial charge is 0.0604 e. The highest BCUT2D eigenvalue weighted by molar-refractivity contribution is 9.10. The third-order valence-electron chi connectivity index (χ3n) is 4.06. The van der Waals surface area contributed by atoms with E-state index in [9.17, 15) is 5.11 Å². The molecular weight excluding hydrogens is 304 g/mol. The van der Waals surface area contributed by atoms with Gasteiger partial charge in [0.1, 0.15) is 0 Å². The maximum absolute atomic E-state index is 9.52. The van der Waals surface area contributed by atoms with E-state index in [1.54, 1.807) is 0 Å². The highest BCUT2D eigenvalue weighted by atomic mass is 79.9. The van der Waals surface area contributed by atoms with E-state index in [0.717, 1.165) is 17.6 Å². The zero-order valence-electron chi connectivity index (χ0n) is 12.2. The predicted octanol–water partition coefficient (Wildman–Crippen LogP) is 2.65. The topological polar surface area (TPSA) is 26.7 Å². The van der Waals surface area contributed by atoms with Crippen LogP contribution in [-0.4, -0.2) is 48.3 Å². The summed E-state index contributed by atoms with van der Waals surface area (Å²) in [5.74, 6) is 0. The molecule has 19 heavy (non-hydrogen) atoms. The molecule has 1 heterocycles. The van der Waals surface area contributed by atoms with Crippen molar-refractivity contribution in [2.45, 2.75) is 32.4 Å². The molecular formula is C15H23BrN2O. The maximum atomic E-state index is 9.52. The average molecular weight is 327 g/mol. The molecule has 1 aliphatic heterocycles. The largest absolute Gasteiger partial charge is 0.395 e. The highest BCUT2D eigenvalue weighted by Crippen LogP contribution is 2.32. The van der Waals surface area contributed by atoms with Gasteiger partial charge < -0.3 is 10.0 Å². The summed E-state index contributed by atoms with van der Waals surface area (Å²) in [6.45, 7) is 8.62. The van der Waals surface area contributed by atoms with Gasteiger partial charge in [-0.2, -0.15) is 0 Å². The van der Waals surface area contributed by atoms with Gasteiger partial charge in [0.25, 0.3) is 0 Å². The zero-order valence-corrected chi connectivity index (χ0v) is 13.7. The van der Waals surface area contributed by atoms with Crippen LogP contribution in [0, 0.1) is 6.92 Å². The fraction of sp³-hybridized carbons (Fsp3) is 0.600. The number of aliphatic hydroxyl groups excluding tert-OH is 1. The van der Waals surface area contributed by atoms with Crippen molar-refractivity contribution in [3.05, 3.63) is 28.2 Å². The maximum Gasteiger partial charge on any atom is 0.0604 e. The normalized spacial score (nSPS) is 23.7. The molecule has 2 rings (SSSR count). The first kappa shape index (κ1) is 14.8. The molecule has 0 saturated carbocycles. The highest BCUT2D eigenvalue weighted by Gasteiger charge is 2.37. The molecule has 0 radical (unpaired) electrons. The van der Waals surface area contributed by atoms with Gasteiger partial charge in [-0.1, -0.05) is 22.0 Å². The summed E-state index contributed by atoms with van der Waals surface area (Å²) in [6.07, 6.45) is 0. The Morgan fingerprint density at radius 3 is 2.68 bits per heavy atom. The minimum atomic E-state index is 0.0646. The van der Waals surface area contributed by atoms with Crippen molar-refractivity contribution in [2.75, 3.05) is 31.6 Å². The van der Waals surface area contributed by atoms with Crippen LogP contribution in [0.3, 0.4) is 0 Å². The molecule has 3 nitrogen and oxygen atoms in total. The van der Waals surface area contributed by atoms with Gasteiger partial charge in [-0.3, -0.25) is 4.90 Å². The molecule has 0 amide bonds. The Kier molecular flexibility index (Phi) is 4.23. The summed E-state index contributed by atoms with van der Waals surface area (Å²) in [6, 6.07) is 6.69. The first-order valence-electron chi connectivity index (χ1n) is 6.70. The molecule has 0 aliphatic carbocycles. The third-order valence-corrected chi connectivity index (χ3v) is 4.92. The number of benzene rings is 1. The molecule has 1 saturated heterocycles. The van der Waals surface area contributed by atoms with Crippen molar-refractivity contribution in [3.63, 3.8) is 0 Å². The molecule has 0 aromatic heterocycles. The van der Waals surface area contributed by atoms with E-state index in [-0.39, 0.29) is 18.2 Å². The van der Waals surface area contributed by atoms with E-state index in [2.05, 4.69) is 71.7 Å². The molecule has 1 aromatic carbocycles. The number of anilines is 1. The molecule has 1 N–H and O–H groups in total. The predicted molar refractivity (Wildman–Crippen MR) is 83.8 cm³/mol. The van der Waals surface area contributed by atoms with E-state index in [4.69, 9.17) is 0 Å². The summed E-state index contributed by atoms with van der Waals surface area (Å²) in [7, 11) is 2.09. The Labute approximate surface area is 124 Å². The van der Waals surface area contributed by atoms with Crippen LogP contribution in [0.5, 0.6) is 0 Å². The average Bonchev–Trinajstić information content (AvgIpc) is 2.32. The van der Waals surface area contributed by atoms with Crippen LogP contribution < -0.4 is 4.90 Å². The van der Waals surface area contributed by atoms with Crippen LogP contribution in [-0.2, 0) is 0 Å². The van der Waals surface area contributed by atoms with Crippen LogP contribution in [0.25, 0.3) is 0 Å². The molecule has 4 heteroatoms. The minimum Gasteiger partial charge on any atom is -0.395 e. The van der Waals surface area contributed by atoms with Gasteiger partial charge in [-0.25, -0.2) is 0 Å². The number of likely N-dealkylation sites (N-methyl/N-ethyl adjacent to an activating group) is 1. The number of aliphatic hydroxyl groups is 1. The summed E-state index contributed by atoms with van der Waals surface area (Å²) >= 11 is 3.61. The lowest BCUT2D eigenvalue weighted by Gasteiger charge is -2.51. The molecule has 1 unspecified atom stereocenters. The van der Waals surface area contributed by atoms with E-state index >= 15 is 0 Å². The lowest BCUT2D eigenvalue weighted by Crippen LogP contribution is -2.63. The lowest BCUT2D eigenvalue weighted by molar-refractivity contribution is 0.0980. The standard InChI is InChI=1S/C15H23BrN2O/c1-11-5-6-12(7-14(11)16)18-8-13(9-19)17(4)10-15(18,2)3/h5-7,13,19H,8-10H2,1-4H3. The van der Waals surface area contributed by atoms with Crippen molar-refractivity contribution >= 4 is 21.6 Å². The zero-order chi connectivity index (χ0) is 14.2. The Morgan fingerprint density at radius 1 is 1.42 bits per heavy atom. The number of rotatable bonds is 2. The van der Waals surface area contributed by atoms with Crippen LogP contribution in [0.2, 0.25) is 0 Å². The van der Waals surface area contributed by atoms with Crippen LogP contribution in [0.1, 0.15) is 19.4 Å². The first-order valence-corrected chi connectivity index (χ1v) is 7.49. The number of piperazine rings is 1. The fourth-order valence-electron chi connectivity index (χ4n) is 2.82. The summed E-state index contributed by atoms with van der Waals surface area (Å²) in [5, 5.41) is 9.52. The van der Waals surface area contributed by atoms with Crippen LogP contribution in [0.15, 0.2) is 22.7 Å². The molecule has 1 aliphatic rings. The number of hydrogen-bond donors (Lipinski definition) is 1. The SMILES string of the molecule is Cc1ccc(N2CC(CO)N(C)CC2(C)C)cc1Br. The van der Waals surface area contributed by atoms with Gasteiger partial charge in [0.05, 0.1) is 12.6 Å². The summed E-state index contributed by atoms with van der Waals surface area (Å²) < 4.78 is 1.14. The number of aryl methyl sites for hydroxylation is 1. The second-order valence-corrected chi connectivity index (χ2v) is 6.96. The van der Waals surface area contributed by atoms with Gasteiger partial charge in [0, 0.05) is 28.8 Å². The molecule has 0 bridgehead atoms. The van der Waals surface area contributed by atoms with E-state index in [0.29, 0.717) is 0 Å². The van der Waals surface area contributed by atoms with E-state index in [1.807, 2.05) is 0 Å². The second kappa shape index (κ2) is 5.43. The molecule has 106 valence electrons. The Morgan fingerprint density at radius 2 is 2.11 bits per heavy atom. The quantitative estimate of drug-likeness (QED) is 0.905. The van der Waals surface area contributed by atoms with Gasteiger partial charge in [0.2, 0.25) is 0 Å². The Hall–Kier alpha value is -0.580. The van der Waals surface area contributed by atoms with Crippen molar-refractivity contribution in [3.8, 4) is 0 Å². The molecule has 1 atom stereocenters. The number of hydrogen-bond acceptors (Lipinski definition) is 3. The molecule has 1 aromatic rings. The third kappa shape index (κ3) is 2.96. The van der Waals surface area contributed by atoms with Crippen molar-refractivity contribution < 1.29 is 5.11 Å². The fourth-order valence-corrected chi connectivity index (χ4v) is 3.19. The van der Waals surface area contributed by atoms with Gasteiger partial charge in [-0.05, 0) is 45.5 Å². The van der Waals surface area contributed by atoms with Gasteiger partial charge in [0.15, 0.2) is 0 Å². The van der Waals surface area contributed by atoms with Crippen molar-refractivity contribution in [1.82, 2.24) is 4.90 Å². The number of nitrogens with zero attached hydrogens (tertiary/aromatic N) is 2. The monoisotopic (exact) mass is 326 g/mol. The van der Waals surface area contributed by atoms with Gasteiger partial charge >= 0.3 is 0 Å². The van der Waals surface area contributed by atoms with Crippen molar-refractivity contribution in [1.29, 1.82) is 0 Å². The Bertz CT molecular complexity index is 461. The summed E-state index contributed by atoms with van der Waals surface area (Å²) in [5.41, 5.74) is 2.53. The minimum absolute atomic E-state index is 0.0646. The van der Waals surface area contributed by atoms with E-state index in [1.165, 1.54) is 11.3 Å². The van der Waals surface area contributed by atoms with Gasteiger partial charge in [-0.15, -0.1) is 0 Å². The first-order chi connectivity index (χ1) is 8.85. The van der Waals surface area contributed by atoms with Crippen LogP contribution >= 0.6 is 15.9 Å². The molecule has 1 fully saturated rings. The number of halogens is 1. The van der Waals surface area contributed by atoms with Crippen molar-refractivity contribution in [2.24, 2.45) is 0 Å². The van der Waals surface area contributed by atoms with E-state index < -0.39 is 0 Å².